The van der Waals surface area contributed by atoms with Crippen molar-refractivity contribution in [1.82, 2.24) is 39.5 Å². The van der Waals surface area contributed by atoms with Gasteiger partial charge in [0.1, 0.15) is 60.3 Å². The van der Waals surface area contributed by atoms with Gasteiger partial charge in [0, 0.05) is 69.3 Å². The average molecular weight is 1330 g/mol. The lowest BCUT2D eigenvalue weighted by atomic mass is 9.89. The van der Waals surface area contributed by atoms with E-state index in [0.29, 0.717) is 25.7 Å². The number of anilines is 2. The Morgan fingerprint density at radius 3 is 1.39 bits per heavy atom. The van der Waals surface area contributed by atoms with Crippen molar-refractivity contribution in [3.8, 4) is 0 Å². The number of carbonyl (C=O) groups excluding carboxylic acids is 4. The number of phosphoric acid groups is 2. The molecule has 0 radical (unpaired) electrons. The molecule has 92 heavy (non-hydrogen) atoms. The fourth-order valence-corrected chi connectivity index (χ4v) is 13.8. The average Bonchev–Trinajstić information content (AvgIpc) is 1.57. The molecule has 4 amide bonds. The highest BCUT2D eigenvalue weighted by Crippen LogP contribution is 2.51. The number of amides is 4. The summed E-state index contributed by atoms with van der Waals surface area (Å²) in [6.45, 7) is 1.98. The lowest BCUT2D eigenvalue weighted by Crippen LogP contribution is -2.54. The lowest BCUT2D eigenvalue weighted by Gasteiger charge is -2.36. The van der Waals surface area contributed by atoms with Gasteiger partial charge in [-0.05, 0) is 113 Å². The van der Waals surface area contributed by atoms with Crippen LogP contribution in [0.4, 0.5) is 42.9 Å². The number of carbonyl (C=O) groups is 4. The van der Waals surface area contributed by atoms with E-state index in [9.17, 15) is 52.3 Å². The van der Waals surface area contributed by atoms with E-state index in [0.717, 1.165) is 44.0 Å². The van der Waals surface area contributed by atoms with Gasteiger partial charge in [0.05, 0.1) is 72.7 Å². The van der Waals surface area contributed by atoms with Crippen molar-refractivity contribution in [2.24, 2.45) is 0 Å². The third kappa shape index (κ3) is 14.1. The summed E-state index contributed by atoms with van der Waals surface area (Å²) >= 11 is 0. The number of alkyl carbamates (subject to hydrolysis) is 2. The fraction of sp³-hybridized carbons (Fsp3) is 0.492. The van der Waals surface area contributed by atoms with Crippen LogP contribution in [0.1, 0.15) is 124 Å². The topological polar surface area (TPSA) is 311 Å². The molecule has 0 saturated carbocycles. The Labute approximate surface area is 524 Å². The number of nitrogens with one attached hydrogen (secondary N) is 2. The molecule has 6 aromatic rings. The first kappa shape index (κ1) is 67.6. The van der Waals surface area contributed by atoms with Crippen LogP contribution in [0, 0.1) is 29.1 Å². The van der Waals surface area contributed by atoms with Crippen LogP contribution in [0.25, 0.3) is 22.1 Å². The molecule has 0 spiro atoms. The van der Waals surface area contributed by atoms with E-state index in [1.165, 1.54) is 62.3 Å². The Bertz CT molecular complexity index is 3640. The third-order valence-electron chi connectivity index (χ3n) is 17.9. The summed E-state index contributed by atoms with van der Waals surface area (Å²) in [6.07, 6.45) is -1.49. The molecule has 0 unspecified atom stereocenters. The molecule has 2 aromatic heterocycles. The standard InChI is InChI=1S/C59H71F5N10O16P2/c1-31(85-3)51(67-58(77)87-5)56(75)70-19-7-9-47(70)54-65-43-25-37(39(61)27-49(43)72(54)29-89-91(79,80)81)45-15-16-46(74(45)36-23-41(63)53(42(64)24-36)69-21-17-34(18-22-69)33-11-13-35(60)14-12-33)38-26-44-50(28-40(38)62)73(30-90-92(82,83)84)55(66-44)48-10-8-20-71(48)57(76)52(32(2)86-4)68-59(78)88-6/h11-14,23-28,31-32,34,45-48,51-52H,7-10,15-22,29-30H2,1-6H3,(H,67,77)(H,68,78)(H2,79,80,81)(H2,82,83,84)/t31-,32-,45-,46-,47+,48+,51+,52+/m1/s1. The van der Waals surface area contributed by atoms with E-state index in [4.69, 9.17) is 38.0 Å². The van der Waals surface area contributed by atoms with Gasteiger partial charge in [-0.3, -0.25) is 18.6 Å². The van der Waals surface area contributed by atoms with Crippen LogP contribution < -0.4 is 20.4 Å². The van der Waals surface area contributed by atoms with E-state index in [1.54, 1.807) is 30.9 Å². The molecule has 6 N–H and O–H groups in total. The van der Waals surface area contributed by atoms with Crippen LogP contribution in [0.5, 0.6) is 0 Å². The molecular weight excluding hydrogens is 1260 g/mol. The van der Waals surface area contributed by atoms with Crippen molar-refractivity contribution in [1.29, 1.82) is 0 Å². The fourth-order valence-electron chi connectivity index (χ4n) is 13.2. The van der Waals surface area contributed by atoms with Gasteiger partial charge in [-0.1, -0.05) is 12.1 Å². The van der Waals surface area contributed by atoms with Gasteiger partial charge in [0.25, 0.3) is 0 Å². The minimum absolute atomic E-state index is 0.00741. The lowest BCUT2D eigenvalue weighted by molar-refractivity contribution is -0.138. The number of piperidine rings is 1. The van der Waals surface area contributed by atoms with Gasteiger partial charge in [0.15, 0.2) is 11.6 Å². The van der Waals surface area contributed by atoms with E-state index in [1.807, 2.05) is 0 Å². The van der Waals surface area contributed by atoms with Crippen LogP contribution in [0.2, 0.25) is 0 Å². The number of hydrogen-bond donors (Lipinski definition) is 6. The Morgan fingerprint density at radius 1 is 0.576 bits per heavy atom. The number of methoxy groups -OCH3 is 4. The van der Waals surface area contributed by atoms with Gasteiger partial charge in [-0.25, -0.2) is 50.6 Å². The van der Waals surface area contributed by atoms with Crippen LogP contribution in [-0.4, -0.2) is 151 Å². The number of fused-ring (bicyclic) bond motifs is 2. The van der Waals surface area contributed by atoms with Crippen molar-refractivity contribution < 1.29 is 97.8 Å². The van der Waals surface area contributed by atoms with Gasteiger partial charge < -0.3 is 77.9 Å². The quantitative estimate of drug-likeness (QED) is 0.0290. The molecule has 4 aromatic carbocycles. The summed E-state index contributed by atoms with van der Waals surface area (Å²) in [4.78, 5) is 109. The van der Waals surface area contributed by atoms with Crippen molar-refractivity contribution in [2.75, 3.05) is 64.4 Å². The van der Waals surface area contributed by atoms with Gasteiger partial charge >= 0.3 is 27.8 Å². The Hall–Kier alpha value is -7.31. The van der Waals surface area contributed by atoms with Gasteiger partial charge in [-0.15, -0.1) is 0 Å². The Morgan fingerprint density at radius 2 is 1.00 bits per heavy atom. The maximum atomic E-state index is 17.6. The number of rotatable bonds is 21. The molecular formula is C59H71F5N10O16P2. The number of imidazole rings is 2. The van der Waals surface area contributed by atoms with Crippen LogP contribution in [0.3, 0.4) is 0 Å². The van der Waals surface area contributed by atoms with Crippen LogP contribution in [-0.2, 0) is 60.2 Å². The molecule has 6 heterocycles. The molecule has 4 fully saturated rings. The summed E-state index contributed by atoms with van der Waals surface area (Å²) < 4.78 is 141. The summed E-state index contributed by atoms with van der Waals surface area (Å²) in [5, 5.41) is 4.98. The molecule has 8 atom stereocenters. The van der Waals surface area contributed by atoms with Crippen molar-refractivity contribution in [3.05, 3.63) is 118 Å². The first-order valence-electron chi connectivity index (χ1n) is 29.6. The highest BCUT2D eigenvalue weighted by Gasteiger charge is 2.45. The predicted octanol–water partition coefficient (Wildman–Crippen LogP) is 8.53. The second-order valence-electron chi connectivity index (χ2n) is 23.1. The zero-order valence-corrected chi connectivity index (χ0v) is 52.7. The molecule has 0 bridgehead atoms. The number of likely N-dealkylation sites (tertiary alicyclic amines) is 2. The highest BCUT2D eigenvalue weighted by molar-refractivity contribution is 7.46. The van der Waals surface area contributed by atoms with E-state index in [-0.39, 0.29) is 114 Å². The molecule has 498 valence electrons. The molecule has 0 aliphatic carbocycles. The summed E-state index contributed by atoms with van der Waals surface area (Å²) in [5.41, 5.74) is 0.0714. The second kappa shape index (κ2) is 27.7. The number of nitrogens with zero attached hydrogens (tertiary/aromatic N) is 8. The molecule has 33 heteroatoms. The SMILES string of the molecule is COC(=O)N[C@H](C(=O)N1CCC[C@H]1c1nc2cc([C@H]3CC[C@H](c4cc5nc([C@@H]6CCCN6C(=O)[C@@H](NC(=O)OC)[C@@H](C)OC)n(COP(=O)(O)O)c5cc4F)N3c3cc(F)c(N4CCC(c5ccc(F)cc5)CC4)c(F)c3)c(F)cc2n1COP(=O)(O)O)[C@@H](C)OC. The van der Waals surface area contributed by atoms with Crippen LogP contribution >= 0.6 is 15.6 Å². The maximum absolute atomic E-state index is 17.6. The zero-order valence-electron chi connectivity index (χ0n) is 50.9. The summed E-state index contributed by atoms with van der Waals surface area (Å²) in [6, 6.07) is 6.06. The first-order valence-corrected chi connectivity index (χ1v) is 32.7. The van der Waals surface area contributed by atoms with Crippen LogP contribution in [0.15, 0.2) is 60.7 Å². The molecule has 4 aliphatic heterocycles. The summed E-state index contributed by atoms with van der Waals surface area (Å²) in [5.74, 6) is -5.57. The van der Waals surface area contributed by atoms with E-state index >= 15 is 17.6 Å². The monoisotopic (exact) mass is 1330 g/mol. The first-order chi connectivity index (χ1) is 43.7. The van der Waals surface area contributed by atoms with Gasteiger partial charge in [-0.2, -0.15) is 0 Å². The Kier molecular flexibility index (Phi) is 20.4. The second-order valence-corrected chi connectivity index (χ2v) is 25.6. The number of benzene rings is 4. The molecule has 26 nitrogen and oxygen atoms in total. The van der Waals surface area contributed by atoms with Crippen molar-refractivity contribution in [2.45, 2.75) is 133 Å². The molecule has 10 rings (SSSR count). The van der Waals surface area contributed by atoms with Crippen molar-refractivity contribution in [3.63, 3.8) is 0 Å². The number of ether oxygens (including phenoxy) is 4. The number of aromatic nitrogens is 4. The number of hydrogen-bond acceptors (Lipinski definition) is 16. The summed E-state index contributed by atoms with van der Waals surface area (Å²) in [7, 11) is -5.57. The minimum atomic E-state index is -5.23. The highest BCUT2D eigenvalue weighted by atomic mass is 31.2. The third-order valence-corrected chi connectivity index (χ3v) is 18.8. The number of phosphoric ester groups is 2. The largest absolute Gasteiger partial charge is 0.471 e. The smallest absolute Gasteiger partial charge is 0.453 e. The zero-order chi connectivity index (χ0) is 66.2. The van der Waals surface area contributed by atoms with E-state index in [2.05, 4.69) is 10.6 Å². The minimum Gasteiger partial charge on any atom is -0.453 e. The number of halogens is 5. The van der Waals surface area contributed by atoms with Crippen molar-refractivity contribution >= 4 is 73.1 Å². The van der Waals surface area contributed by atoms with Gasteiger partial charge in [0.2, 0.25) is 11.8 Å². The Balaban J connectivity index is 1.08. The molecule has 4 aliphatic rings. The van der Waals surface area contributed by atoms with E-state index < -0.39 is 131 Å². The maximum Gasteiger partial charge on any atom is 0.471 e. The normalized spacial score (nSPS) is 20.5. The predicted molar refractivity (Wildman–Crippen MR) is 319 cm³/mol. The molecule has 4 saturated heterocycles.